The molecule has 0 bridgehead atoms. The maximum Gasteiger partial charge on any atom is 0.252 e. The minimum atomic E-state index is -3.35. The first-order valence-electron chi connectivity index (χ1n) is 7.89. The predicted octanol–water partition coefficient (Wildman–Crippen LogP) is 2.15. The lowest BCUT2D eigenvalue weighted by atomic mass is 10.0. The lowest BCUT2D eigenvalue weighted by molar-refractivity contribution is -0.122. The van der Waals surface area contributed by atoms with Crippen LogP contribution in [0.2, 0.25) is 0 Å². The largest absolute Gasteiger partial charge is 0.375 e. The Morgan fingerprint density at radius 3 is 2.87 bits per heavy atom. The maximum absolute atomic E-state index is 12.2. The number of rotatable bonds is 7. The Labute approximate surface area is 137 Å². The van der Waals surface area contributed by atoms with Gasteiger partial charge in [-0.2, -0.15) is 0 Å². The highest BCUT2D eigenvalue weighted by atomic mass is 32.2. The van der Waals surface area contributed by atoms with Crippen LogP contribution in [0.4, 0.5) is 11.4 Å². The van der Waals surface area contributed by atoms with Crippen molar-refractivity contribution in [3.8, 4) is 0 Å². The zero-order valence-corrected chi connectivity index (χ0v) is 14.5. The summed E-state index contributed by atoms with van der Waals surface area (Å²) in [5, 5.41) is 0. The third kappa shape index (κ3) is 4.68. The summed E-state index contributed by atoms with van der Waals surface area (Å²) in [6.45, 7) is 2.60. The highest BCUT2D eigenvalue weighted by molar-refractivity contribution is 7.92. The van der Waals surface area contributed by atoms with Crippen LogP contribution in [-0.4, -0.2) is 40.3 Å². The zero-order valence-electron chi connectivity index (χ0n) is 13.7. The molecule has 2 rings (SSSR count). The van der Waals surface area contributed by atoms with Gasteiger partial charge in [-0.3, -0.25) is 9.52 Å². The molecule has 23 heavy (non-hydrogen) atoms. The van der Waals surface area contributed by atoms with Crippen LogP contribution < -0.4 is 9.62 Å². The third-order valence-corrected chi connectivity index (χ3v) is 5.19. The second-order valence-corrected chi connectivity index (χ2v) is 7.54. The Hall–Kier alpha value is -1.60. The van der Waals surface area contributed by atoms with Crippen molar-refractivity contribution in [3.63, 3.8) is 0 Å². The van der Waals surface area contributed by atoms with Crippen LogP contribution >= 0.6 is 0 Å². The lowest BCUT2D eigenvalue weighted by Gasteiger charge is -2.30. The van der Waals surface area contributed by atoms with Crippen molar-refractivity contribution >= 4 is 27.3 Å². The molecule has 1 aromatic carbocycles. The first kappa shape index (κ1) is 17.7. The van der Waals surface area contributed by atoms with Gasteiger partial charge in [-0.1, -0.05) is 19.4 Å². The summed E-state index contributed by atoms with van der Waals surface area (Å²) in [5.74, 6) is -0.00756. The van der Waals surface area contributed by atoms with Crippen molar-refractivity contribution in [2.45, 2.75) is 32.6 Å². The Morgan fingerprint density at radius 1 is 1.39 bits per heavy atom. The van der Waals surface area contributed by atoms with Crippen molar-refractivity contribution in [3.05, 3.63) is 23.8 Å². The van der Waals surface area contributed by atoms with E-state index < -0.39 is 10.0 Å². The van der Waals surface area contributed by atoms with E-state index in [1.54, 1.807) is 17.0 Å². The number of nitrogens with one attached hydrogen (secondary N) is 1. The average Bonchev–Trinajstić information content (AvgIpc) is 2.52. The van der Waals surface area contributed by atoms with Crippen molar-refractivity contribution in [2.24, 2.45) is 0 Å². The number of benzene rings is 1. The molecule has 6 nitrogen and oxygen atoms in total. The molecule has 1 aromatic rings. The SMILES string of the molecule is CCCCS(=O)(=O)Nc1ccc2c(c1)N(C(=O)COC)CCC2. The smallest absolute Gasteiger partial charge is 0.252 e. The van der Waals surface area contributed by atoms with Crippen LogP contribution in [0, 0.1) is 0 Å². The number of hydrogen-bond acceptors (Lipinski definition) is 4. The summed E-state index contributed by atoms with van der Waals surface area (Å²) < 4.78 is 31.6. The molecule has 0 radical (unpaired) electrons. The predicted molar refractivity (Wildman–Crippen MR) is 91.3 cm³/mol. The van der Waals surface area contributed by atoms with Crippen molar-refractivity contribution in [2.75, 3.05) is 35.6 Å². The van der Waals surface area contributed by atoms with Gasteiger partial charge < -0.3 is 9.64 Å². The number of amides is 1. The molecule has 0 unspecified atom stereocenters. The minimum absolute atomic E-state index is 0.0197. The van der Waals surface area contributed by atoms with E-state index in [1.165, 1.54) is 7.11 Å². The molecular weight excluding hydrogens is 316 g/mol. The maximum atomic E-state index is 12.2. The number of hydrogen-bond donors (Lipinski definition) is 1. The van der Waals surface area contributed by atoms with Crippen molar-refractivity contribution < 1.29 is 17.9 Å². The molecule has 1 aliphatic rings. The lowest BCUT2D eigenvalue weighted by Crippen LogP contribution is -2.37. The summed E-state index contributed by atoms with van der Waals surface area (Å²) in [7, 11) is -1.86. The highest BCUT2D eigenvalue weighted by Gasteiger charge is 2.23. The van der Waals surface area contributed by atoms with Crippen LogP contribution in [0.25, 0.3) is 0 Å². The number of methoxy groups -OCH3 is 1. The fraction of sp³-hybridized carbons (Fsp3) is 0.562. The fourth-order valence-corrected chi connectivity index (χ4v) is 3.92. The molecule has 1 aliphatic heterocycles. The van der Waals surface area contributed by atoms with E-state index in [2.05, 4.69) is 4.72 Å². The summed E-state index contributed by atoms with van der Waals surface area (Å²) in [4.78, 5) is 13.8. The molecule has 0 fully saturated rings. The van der Waals surface area contributed by atoms with Crippen LogP contribution in [-0.2, 0) is 26.0 Å². The second-order valence-electron chi connectivity index (χ2n) is 5.70. The quantitative estimate of drug-likeness (QED) is 0.825. The van der Waals surface area contributed by atoms with Gasteiger partial charge in [-0.15, -0.1) is 0 Å². The zero-order chi connectivity index (χ0) is 16.9. The summed E-state index contributed by atoms with van der Waals surface area (Å²) in [6, 6.07) is 5.39. The number of carbonyl (C=O) groups excluding carboxylic acids is 1. The van der Waals surface area contributed by atoms with Gasteiger partial charge in [0.15, 0.2) is 0 Å². The van der Waals surface area contributed by atoms with Crippen molar-refractivity contribution in [1.29, 1.82) is 0 Å². The van der Waals surface area contributed by atoms with E-state index in [0.717, 1.165) is 30.5 Å². The Morgan fingerprint density at radius 2 is 2.17 bits per heavy atom. The van der Waals surface area contributed by atoms with Gasteiger partial charge in [0.05, 0.1) is 11.4 Å². The van der Waals surface area contributed by atoms with Gasteiger partial charge in [0.25, 0.3) is 5.91 Å². The van der Waals surface area contributed by atoms with Gasteiger partial charge in [0, 0.05) is 19.3 Å². The minimum Gasteiger partial charge on any atom is -0.375 e. The topological polar surface area (TPSA) is 75.7 Å². The van der Waals surface area contributed by atoms with Gasteiger partial charge in [0.1, 0.15) is 6.61 Å². The molecule has 0 aliphatic carbocycles. The Kier molecular flexibility index (Phi) is 6.01. The first-order chi connectivity index (χ1) is 11.0. The molecule has 128 valence electrons. The molecular formula is C16H24N2O4S. The van der Waals surface area contributed by atoms with E-state index in [1.807, 2.05) is 13.0 Å². The number of unbranched alkanes of at least 4 members (excludes halogenated alkanes) is 1. The summed E-state index contributed by atoms with van der Waals surface area (Å²) in [5.41, 5.74) is 2.32. The molecule has 0 spiro atoms. The van der Waals surface area contributed by atoms with Crippen LogP contribution in [0.5, 0.6) is 0 Å². The molecule has 0 atom stereocenters. The molecule has 0 saturated heterocycles. The average molecular weight is 340 g/mol. The second kappa shape index (κ2) is 7.79. The molecule has 0 saturated carbocycles. The summed E-state index contributed by atoms with van der Waals surface area (Å²) in [6.07, 6.45) is 3.22. The molecule has 1 amide bonds. The third-order valence-electron chi connectivity index (χ3n) is 3.81. The van der Waals surface area contributed by atoms with E-state index in [4.69, 9.17) is 4.74 Å². The van der Waals surface area contributed by atoms with E-state index in [0.29, 0.717) is 18.7 Å². The van der Waals surface area contributed by atoms with Crippen LogP contribution in [0.1, 0.15) is 31.7 Å². The first-order valence-corrected chi connectivity index (χ1v) is 9.55. The summed E-state index contributed by atoms with van der Waals surface area (Å²) >= 11 is 0. The monoisotopic (exact) mass is 340 g/mol. The van der Waals surface area contributed by atoms with Crippen molar-refractivity contribution in [1.82, 2.24) is 0 Å². The van der Waals surface area contributed by atoms with Gasteiger partial charge in [-0.25, -0.2) is 8.42 Å². The van der Waals surface area contributed by atoms with E-state index in [-0.39, 0.29) is 18.3 Å². The number of fused-ring (bicyclic) bond motifs is 1. The van der Waals surface area contributed by atoms with Gasteiger partial charge in [0.2, 0.25) is 10.0 Å². The molecule has 7 heteroatoms. The fourth-order valence-electron chi connectivity index (χ4n) is 2.66. The number of carbonyl (C=O) groups is 1. The number of nitrogens with zero attached hydrogens (tertiary/aromatic N) is 1. The van der Waals surface area contributed by atoms with Gasteiger partial charge in [-0.05, 0) is 37.0 Å². The molecule has 1 N–H and O–H groups in total. The van der Waals surface area contributed by atoms with E-state index in [9.17, 15) is 13.2 Å². The van der Waals surface area contributed by atoms with Crippen LogP contribution in [0.3, 0.4) is 0 Å². The molecule has 1 heterocycles. The number of anilines is 2. The van der Waals surface area contributed by atoms with E-state index >= 15 is 0 Å². The standard InChI is InChI=1S/C16H24N2O4S/c1-3-4-10-23(20,21)17-14-8-7-13-6-5-9-18(15(13)11-14)16(19)12-22-2/h7-8,11,17H,3-6,9-10,12H2,1-2H3. The number of aryl methyl sites for hydroxylation is 1. The highest BCUT2D eigenvalue weighted by Crippen LogP contribution is 2.30. The van der Waals surface area contributed by atoms with Gasteiger partial charge >= 0.3 is 0 Å². The normalized spacial score (nSPS) is 14.4. The Bertz CT molecular complexity index is 658. The number of ether oxygens (including phenoxy) is 1. The Balaban J connectivity index is 2.22. The number of sulfonamides is 1. The van der Waals surface area contributed by atoms with Crippen LogP contribution in [0.15, 0.2) is 18.2 Å². The molecule has 0 aromatic heterocycles.